The summed E-state index contributed by atoms with van der Waals surface area (Å²) in [6.07, 6.45) is 0. The van der Waals surface area contributed by atoms with Crippen LogP contribution in [-0.4, -0.2) is 26.3 Å². The first-order valence-corrected chi connectivity index (χ1v) is 9.05. The Balaban J connectivity index is 2.11. The maximum absolute atomic E-state index is 12.5. The fourth-order valence-electron chi connectivity index (χ4n) is 1.88. The van der Waals surface area contributed by atoms with E-state index in [9.17, 15) is 8.42 Å². The molecule has 116 valence electrons. The van der Waals surface area contributed by atoms with Crippen LogP contribution in [0.5, 0.6) is 0 Å². The number of hydrogen-bond acceptors (Lipinski definition) is 5. The first kappa shape index (κ1) is 16.2. The van der Waals surface area contributed by atoms with Crippen molar-refractivity contribution >= 4 is 21.4 Å². The maximum atomic E-state index is 12.5. The van der Waals surface area contributed by atoms with Crippen LogP contribution in [-0.2, 0) is 23.1 Å². The first-order chi connectivity index (χ1) is 9.93. The Kier molecular flexibility index (Phi) is 5.21. The molecule has 0 radical (unpaired) electrons. The van der Waals surface area contributed by atoms with Crippen LogP contribution >= 0.6 is 11.3 Å². The molecule has 0 aliphatic heterocycles. The van der Waals surface area contributed by atoms with Gasteiger partial charge in [0.25, 0.3) is 10.0 Å². The smallest absolute Gasteiger partial charge is 0.252 e. The summed E-state index contributed by atoms with van der Waals surface area (Å²) in [5, 5.41) is 5.06. The Morgan fingerprint density at radius 3 is 2.76 bits per heavy atom. The molecule has 2 aromatic rings. The van der Waals surface area contributed by atoms with Crippen LogP contribution in [0.2, 0.25) is 0 Å². The van der Waals surface area contributed by atoms with Crippen molar-refractivity contribution in [2.45, 2.75) is 31.1 Å². The van der Waals surface area contributed by atoms with Gasteiger partial charge in [-0.2, -0.15) is 4.31 Å². The quantitative estimate of drug-likeness (QED) is 0.848. The molecule has 2 aromatic heterocycles. The molecular formula is C14H20N2O3S2. The normalized spacial score (nSPS) is 12.2. The summed E-state index contributed by atoms with van der Waals surface area (Å²) in [5.41, 5.74) is 0.989. The average Bonchev–Trinajstić information content (AvgIpc) is 3.06. The molecule has 1 N–H and O–H groups in total. The second-order valence-corrected chi connectivity index (χ2v) is 8.01. The molecule has 21 heavy (non-hydrogen) atoms. The summed E-state index contributed by atoms with van der Waals surface area (Å²) in [6, 6.07) is 5.36. The van der Waals surface area contributed by atoms with Crippen molar-refractivity contribution in [3.63, 3.8) is 0 Å². The molecule has 0 spiro atoms. The molecule has 0 amide bonds. The van der Waals surface area contributed by atoms with Crippen LogP contribution in [0, 0.1) is 6.92 Å². The van der Waals surface area contributed by atoms with Gasteiger partial charge >= 0.3 is 0 Å². The molecule has 0 aromatic carbocycles. The van der Waals surface area contributed by atoms with Crippen molar-refractivity contribution in [1.82, 2.24) is 9.62 Å². The number of nitrogens with zero attached hydrogens (tertiary/aromatic N) is 1. The number of rotatable bonds is 7. The molecule has 0 saturated carbocycles. The zero-order valence-electron chi connectivity index (χ0n) is 12.4. The molecule has 0 aliphatic rings. The lowest BCUT2D eigenvalue weighted by Gasteiger charge is -2.14. The van der Waals surface area contributed by atoms with Crippen molar-refractivity contribution in [1.29, 1.82) is 0 Å². The Morgan fingerprint density at radius 2 is 2.14 bits per heavy atom. The van der Waals surface area contributed by atoms with E-state index >= 15 is 0 Å². The molecule has 0 atom stereocenters. The first-order valence-electron chi connectivity index (χ1n) is 6.73. The van der Waals surface area contributed by atoms with Crippen LogP contribution in [0.25, 0.3) is 0 Å². The van der Waals surface area contributed by atoms with Gasteiger partial charge in [0.15, 0.2) is 0 Å². The Labute approximate surface area is 129 Å². The predicted molar refractivity (Wildman–Crippen MR) is 83.8 cm³/mol. The molecule has 0 fully saturated rings. The number of nitrogens with one attached hydrogen (secondary N) is 1. The molecule has 0 bridgehead atoms. The van der Waals surface area contributed by atoms with Gasteiger partial charge in [0.05, 0.1) is 6.54 Å². The third-order valence-electron chi connectivity index (χ3n) is 3.05. The molecule has 5 nitrogen and oxygen atoms in total. The van der Waals surface area contributed by atoms with Crippen molar-refractivity contribution in [3.05, 3.63) is 40.7 Å². The molecule has 7 heteroatoms. The van der Waals surface area contributed by atoms with Gasteiger partial charge in [-0.3, -0.25) is 0 Å². The predicted octanol–water partition coefficient (Wildman–Crippen LogP) is 2.58. The van der Waals surface area contributed by atoms with Gasteiger partial charge in [0.2, 0.25) is 0 Å². The van der Waals surface area contributed by atoms with Crippen molar-refractivity contribution in [3.8, 4) is 0 Å². The van der Waals surface area contributed by atoms with E-state index in [1.165, 1.54) is 15.6 Å². The third kappa shape index (κ3) is 3.94. The van der Waals surface area contributed by atoms with E-state index in [4.69, 9.17) is 4.42 Å². The van der Waals surface area contributed by atoms with Crippen molar-refractivity contribution in [2.75, 3.05) is 13.6 Å². The summed E-state index contributed by atoms with van der Waals surface area (Å²) in [6.45, 7) is 5.63. The van der Waals surface area contributed by atoms with Crippen LogP contribution in [0.4, 0.5) is 0 Å². The maximum Gasteiger partial charge on any atom is 0.252 e. The number of furan rings is 1. The standard InChI is InChI=1S/C14H20N2O3S2/c1-4-15-8-12-7-14(20-10-12)21(17,18)16(3)9-13-6-5-11(2)19-13/h5-7,10,15H,4,8-9H2,1-3H3. The van der Waals surface area contributed by atoms with E-state index in [2.05, 4.69) is 5.32 Å². The summed E-state index contributed by atoms with van der Waals surface area (Å²) in [7, 11) is -1.90. The average molecular weight is 328 g/mol. The van der Waals surface area contributed by atoms with E-state index in [1.807, 2.05) is 25.3 Å². The molecule has 2 rings (SSSR count). The van der Waals surface area contributed by atoms with E-state index in [0.29, 0.717) is 16.5 Å². The molecule has 0 aliphatic carbocycles. The van der Waals surface area contributed by atoms with Gasteiger partial charge in [0.1, 0.15) is 15.7 Å². The highest BCUT2D eigenvalue weighted by atomic mass is 32.2. The second kappa shape index (κ2) is 6.74. The van der Waals surface area contributed by atoms with E-state index in [1.54, 1.807) is 19.2 Å². The summed E-state index contributed by atoms with van der Waals surface area (Å²) in [5.74, 6) is 1.42. The van der Waals surface area contributed by atoms with Crippen molar-refractivity contribution < 1.29 is 12.8 Å². The minimum absolute atomic E-state index is 0.233. The second-order valence-electron chi connectivity index (χ2n) is 4.83. The molecule has 2 heterocycles. The Bertz CT molecular complexity index is 689. The summed E-state index contributed by atoms with van der Waals surface area (Å²) in [4.78, 5) is 0. The van der Waals surface area contributed by atoms with Gasteiger partial charge < -0.3 is 9.73 Å². The molecule has 0 unspecified atom stereocenters. The van der Waals surface area contributed by atoms with Crippen LogP contribution in [0.3, 0.4) is 0 Å². The van der Waals surface area contributed by atoms with Gasteiger partial charge in [-0.15, -0.1) is 11.3 Å². The van der Waals surface area contributed by atoms with Gasteiger partial charge in [-0.25, -0.2) is 8.42 Å². The molecule has 0 saturated heterocycles. The summed E-state index contributed by atoms with van der Waals surface area (Å²) < 4.78 is 32.1. The van der Waals surface area contributed by atoms with Gasteiger partial charge in [-0.1, -0.05) is 6.92 Å². The number of aryl methyl sites for hydroxylation is 1. The lowest BCUT2D eigenvalue weighted by molar-refractivity contribution is 0.398. The highest BCUT2D eigenvalue weighted by Gasteiger charge is 2.23. The van der Waals surface area contributed by atoms with E-state index in [-0.39, 0.29) is 6.54 Å². The third-order valence-corrected chi connectivity index (χ3v) is 6.32. The zero-order chi connectivity index (χ0) is 15.5. The zero-order valence-corrected chi connectivity index (χ0v) is 14.1. The lowest BCUT2D eigenvalue weighted by Crippen LogP contribution is -2.25. The minimum atomic E-state index is -3.47. The topological polar surface area (TPSA) is 62.6 Å². The fourth-order valence-corrected chi connectivity index (χ4v) is 4.43. The largest absolute Gasteiger partial charge is 0.465 e. The number of thiophene rings is 1. The Hall–Kier alpha value is -1.15. The fraction of sp³-hybridized carbons (Fsp3) is 0.429. The minimum Gasteiger partial charge on any atom is -0.465 e. The molecular weight excluding hydrogens is 308 g/mol. The van der Waals surface area contributed by atoms with Gasteiger partial charge in [0, 0.05) is 13.6 Å². The monoisotopic (exact) mass is 328 g/mol. The van der Waals surface area contributed by atoms with Crippen molar-refractivity contribution in [2.24, 2.45) is 0 Å². The van der Waals surface area contributed by atoms with Crippen LogP contribution in [0.15, 0.2) is 32.2 Å². The number of hydrogen-bond donors (Lipinski definition) is 1. The highest BCUT2D eigenvalue weighted by Crippen LogP contribution is 2.24. The SMILES string of the molecule is CCNCc1csc(S(=O)(=O)N(C)Cc2ccc(C)o2)c1. The van der Waals surface area contributed by atoms with Crippen LogP contribution < -0.4 is 5.32 Å². The summed E-state index contributed by atoms with van der Waals surface area (Å²) >= 11 is 1.25. The van der Waals surface area contributed by atoms with Crippen LogP contribution in [0.1, 0.15) is 24.0 Å². The highest BCUT2D eigenvalue weighted by molar-refractivity contribution is 7.91. The van der Waals surface area contributed by atoms with Gasteiger partial charge in [-0.05, 0) is 42.6 Å². The Morgan fingerprint density at radius 1 is 1.38 bits per heavy atom. The van der Waals surface area contributed by atoms with E-state index < -0.39 is 10.0 Å². The van der Waals surface area contributed by atoms with E-state index in [0.717, 1.165) is 17.9 Å². The lowest BCUT2D eigenvalue weighted by atomic mass is 10.3. The number of sulfonamides is 1.